The molecule has 7 heteroatoms. The van der Waals surface area contributed by atoms with Crippen LogP contribution in [-0.2, 0) is 4.79 Å². The van der Waals surface area contributed by atoms with Crippen LogP contribution in [0.15, 0.2) is 30.6 Å². The molecule has 1 heterocycles. The van der Waals surface area contributed by atoms with Gasteiger partial charge in [-0.05, 0) is 43.9 Å². The van der Waals surface area contributed by atoms with Crippen LogP contribution in [0.3, 0.4) is 0 Å². The van der Waals surface area contributed by atoms with Gasteiger partial charge >= 0.3 is 0 Å². The molecule has 1 unspecified atom stereocenters. The average molecular weight is 418 g/mol. The second-order valence-corrected chi connectivity index (χ2v) is 7.50. The Balaban J connectivity index is 1.94. The number of halogens is 1. The lowest BCUT2D eigenvalue weighted by Crippen LogP contribution is -2.37. The summed E-state index contributed by atoms with van der Waals surface area (Å²) in [6, 6.07) is 5.17. The summed E-state index contributed by atoms with van der Waals surface area (Å²) in [5.41, 5.74) is 1.35. The minimum absolute atomic E-state index is 0.0188. The number of ether oxygens (including phenoxy) is 2. The van der Waals surface area contributed by atoms with Gasteiger partial charge in [0.05, 0.1) is 19.3 Å². The number of carbonyl (C=O) groups excluding carboxylic acids is 1. The topological polar surface area (TPSA) is 73.3 Å². The Labute approximate surface area is 177 Å². The normalized spacial score (nSPS) is 14.7. The van der Waals surface area contributed by atoms with Crippen molar-refractivity contribution in [2.75, 3.05) is 13.2 Å². The van der Waals surface area contributed by atoms with Crippen LogP contribution in [0.4, 0.5) is 0 Å². The molecule has 2 aromatic rings. The van der Waals surface area contributed by atoms with Crippen LogP contribution in [0.1, 0.15) is 63.3 Å². The van der Waals surface area contributed by atoms with E-state index in [1.54, 1.807) is 6.20 Å². The fourth-order valence-electron chi connectivity index (χ4n) is 3.18. The first-order valence-corrected chi connectivity index (χ1v) is 10.7. The highest BCUT2D eigenvalue weighted by Gasteiger charge is 2.30. The zero-order chi connectivity index (χ0) is 20.6. The van der Waals surface area contributed by atoms with Crippen molar-refractivity contribution in [2.45, 2.75) is 52.0 Å². The molecule has 1 amide bonds. The first-order valence-electron chi connectivity index (χ1n) is 10.3. The summed E-state index contributed by atoms with van der Waals surface area (Å²) >= 11 is 6.32. The lowest BCUT2D eigenvalue weighted by Gasteiger charge is -2.28. The third-order valence-electron chi connectivity index (χ3n) is 5.07. The van der Waals surface area contributed by atoms with Gasteiger partial charge in [-0.2, -0.15) is 0 Å². The molecule has 1 aliphatic rings. The number of amides is 1. The molecule has 29 heavy (non-hydrogen) atoms. The summed E-state index contributed by atoms with van der Waals surface area (Å²) < 4.78 is 11.7. The van der Waals surface area contributed by atoms with Crippen molar-refractivity contribution in [1.29, 1.82) is 0 Å². The van der Waals surface area contributed by atoms with Crippen LogP contribution in [0.5, 0.6) is 11.5 Å². The maximum atomic E-state index is 12.7. The van der Waals surface area contributed by atoms with E-state index < -0.39 is 6.04 Å². The van der Waals surface area contributed by atoms with Crippen LogP contribution in [0.2, 0.25) is 5.15 Å². The fourth-order valence-corrected chi connectivity index (χ4v) is 3.40. The number of carbonyl (C=O) groups is 1. The van der Waals surface area contributed by atoms with Crippen molar-refractivity contribution in [1.82, 2.24) is 15.3 Å². The van der Waals surface area contributed by atoms with E-state index in [-0.39, 0.29) is 17.0 Å². The molecule has 0 aliphatic heterocycles. The van der Waals surface area contributed by atoms with E-state index >= 15 is 0 Å². The van der Waals surface area contributed by atoms with Crippen molar-refractivity contribution in [3.05, 3.63) is 47.0 Å². The lowest BCUT2D eigenvalue weighted by molar-refractivity contribution is -0.127. The van der Waals surface area contributed by atoms with Crippen molar-refractivity contribution >= 4 is 17.5 Å². The molecule has 0 saturated heterocycles. The van der Waals surface area contributed by atoms with Crippen LogP contribution in [0, 0.1) is 5.92 Å². The molecule has 1 saturated carbocycles. The van der Waals surface area contributed by atoms with Crippen LogP contribution in [-0.4, -0.2) is 29.1 Å². The van der Waals surface area contributed by atoms with Gasteiger partial charge in [-0.15, -0.1) is 0 Å². The monoisotopic (exact) mass is 417 g/mol. The second kappa shape index (κ2) is 10.4. The van der Waals surface area contributed by atoms with E-state index in [0.29, 0.717) is 30.4 Å². The third kappa shape index (κ3) is 5.38. The zero-order valence-electron chi connectivity index (χ0n) is 17.0. The molecule has 1 aromatic heterocycles. The molecule has 6 nitrogen and oxygen atoms in total. The maximum absolute atomic E-state index is 12.7. The van der Waals surface area contributed by atoms with E-state index in [2.05, 4.69) is 22.2 Å². The second-order valence-electron chi connectivity index (χ2n) is 7.14. The smallest absolute Gasteiger partial charge is 0.223 e. The highest BCUT2D eigenvalue weighted by Crippen LogP contribution is 2.35. The molecule has 1 fully saturated rings. The summed E-state index contributed by atoms with van der Waals surface area (Å²) in [5, 5.41) is 3.39. The Morgan fingerprint density at radius 1 is 1.21 bits per heavy atom. The summed E-state index contributed by atoms with van der Waals surface area (Å²) in [6.45, 7) is 5.20. The number of hydrogen-bond acceptors (Lipinski definition) is 5. The van der Waals surface area contributed by atoms with E-state index in [9.17, 15) is 4.79 Å². The number of hydrogen-bond donors (Lipinski definition) is 1. The van der Waals surface area contributed by atoms with E-state index in [1.165, 1.54) is 6.20 Å². The predicted molar refractivity (Wildman–Crippen MR) is 112 cm³/mol. The molecule has 3 rings (SSSR count). The Kier molecular flexibility index (Phi) is 7.69. The molecular formula is C22H28ClN3O3. The molecule has 0 bridgehead atoms. The molecule has 1 N–H and O–H groups in total. The quantitative estimate of drug-likeness (QED) is 0.566. The van der Waals surface area contributed by atoms with Gasteiger partial charge in [-0.3, -0.25) is 9.78 Å². The molecule has 156 valence electrons. The lowest BCUT2D eigenvalue weighted by atomic mass is 9.84. The largest absolute Gasteiger partial charge is 0.490 e. The number of nitrogens with one attached hydrogen (secondary N) is 1. The van der Waals surface area contributed by atoms with Gasteiger partial charge in [-0.25, -0.2) is 4.98 Å². The van der Waals surface area contributed by atoms with Crippen molar-refractivity contribution < 1.29 is 14.3 Å². The van der Waals surface area contributed by atoms with Crippen molar-refractivity contribution in [3.8, 4) is 11.5 Å². The zero-order valence-corrected chi connectivity index (χ0v) is 17.7. The van der Waals surface area contributed by atoms with E-state index in [1.807, 2.05) is 25.1 Å². The van der Waals surface area contributed by atoms with Gasteiger partial charge < -0.3 is 14.8 Å². The highest BCUT2D eigenvalue weighted by molar-refractivity contribution is 6.30. The summed E-state index contributed by atoms with van der Waals surface area (Å²) in [6.07, 6.45) is 8.04. The minimum atomic E-state index is -0.506. The molecule has 1 aromatic carbocycles. The highest BCUT2D eigenvalue weighted by atomic mass is 35.5. The Bertz CT molecular complexity index is 827. The van der Waals surface area contributed by atoms with E-state index in [0.717, 1.165) is 37.7 Å². The fraction of sp³-hybridized carbons (Fsp3) is 0.500. The Morgan fingerprint density at radius 2 is 2.00 bits per heavy atom. The first-order chi connectivity index (χ1) is 14.1. The molecule has 1 atom stereocenters. The van der Waals surface area contributed by atoms with Crippen LogP contribution in [0.25, 0.3) is 0 Å². The average Bonchev–Trinajstić information content (AvgIpc) is 2.67. The Morgan fingerprint density at radius 3 is 2.66 bits per heavy atom. The van der Waals surface area contributed by atoms with Crippen molar-refractivity contribution in [2.24, 2.45) is 5.92 Å². The predicted octanol–water partition coefficient (Wildman–Crippen LogP) is 4.71. The summed E-state index contributed by atoms with van der Waals surface area (Å²) in [7, 11) is 0. The van der Waals surface area contributed by atoms with Gasteiger partial charge in [-0.1, -0.05) is 37.4 Å². The number of unbranched alkanes of at least 4 members (excludes halogenated alkanes) is 1. The maximum Gasteiger partial charge on any atom is 0.223 e. The Hall–Kier alpha value is -2.34. The van der Waals surface area contributed by atoms with Gasteiger partial charge in [0.15, 0.2) is 16.7 Å². The van der Waals surface area contributed by atoms with Gasteiger partial charge in [0, 0.05) is 18.3 Å². The first kappa shape index (κ1) is 21.4. The molecule has 1 aliphatic carbocycles. The number of nitrogens with zero attached hydrogens (tertiary/aromatic N) is 2. The number of rotatable bonds is 10. The molecule has 0 spiro atoms. The standard InChI is InChI=1S/C22H28ClN3O3/c1-3-5-13-29-18-14-16(9-10-17(18)28-4-2)19(20-21(23)25-12-11-24-20)26-22(27)15-7-6-8-15/h9-12,14-15,19H,3-8,13H2,1-2H3,(H,26,27). The van der Waals surface area contributed by atoms with Crippen molar-refractivity contribution in [3.63, 3.8) is 0 Å². The number of benzene rings is 1. The summed E-state index contributed by atoms with van der Waals surface area (Å²) in [5.74, 6) is 1.41. The van der Waals surface area contributed by atoms with Gasteiger partial charge in [0.2, 0.25) is 5.91 Å². The number of aromatic nitrogens is 2. The minimum Gasteiger partial charge on any atom is -0.490 e. The molecule has 0 radical (unpaired) electrons. The summed E-state index contributed by atoms with van der Waals surface area (Å²) in [4.78, 5) is 21.2. The third-order valence-corrected chi connectivity index (χ3v) is 5.36. The van der Waals surface area contributed by atoms with Crippen LogP contribution < -0.4 is 14.8 Å². The van der Waals surface area contributed by atoms with Gasteiger partial charge in [0.25, 0.3) is 0 Å². The van der Waals surface area contributed by atoms with Gasteiger partial charge in [0.1, 0.15) is 5.69 Å². The van der Waals surface area contributed by atoms with E-state index in [4.69, 9.17) is 21.1 Å². The molecular weight excluding hydrogens is 390 g/mol. The van der Waals surface area contributed by atoms with Crippen LogP contribution >= 0.6 is 11.6 Å². The SMILES string of the molecule is CCCCOc1cc(C(NC(=O)C2CCC2)c2nccnc2Cl)ccc1OCC.